The van der Waals surface area contributed by atoms with Crippen LogP contribution < -0.4 is 4.90 Å². The first-order valence-electron chi connectivity index (χ1n) is 10.5. The smallest absolute Gasteiger partial charge is 0.300 e. The fourth-order valence-corrected chi connectivity index (χ4v) is 4.44. The maximum atomic E-state index is 13.3. The molecule has 158 valence electrons. The maximum absolute atomic E-state index is 13.3. The van der Waals surface area contributed by atoms with Crippen LogP contribution >= 0.6 is 0 Å². The number of para-hydroxylation sites is 1. The lowest BCUT2D eigenvalue weighted by atomic mass is 9.94. The molecule has 0 bridgehead atoms. The predicted molar refractivity (Wildman–Crippen MR) is 125 cm³/mol. The first-order chi connectivity index (χ1) is 15.5. The van der Waals surface area contributed by atoms with Crippen LogP contribution in [0.2, 0.25) is 0 Å². The molecule has 4 aromatic rings. The third kappa shape index (κ3) is 3.10. The van der Waals surface area contributed by atoms with Crippen LogP contribution in [-0.4, -0.2) is 21.8 Å². The minimum atomic E-state index is -0.731. The van der Waals surface area contributed by atoms with Gasteiger partial charge in [0.1, 0.15) is 5.76 Å². The summed E-state index contributed by atoms with van der Waals surface area (Å²) in [5.41, 5.74) is 4.80. The van der Waals surface area contributed by atoms with Gasteiger partial charge in [-0.25, -0.2) is 0 Å². The highest BCUT2D eigenvalue weighted by molar-refractivity contribution is 6.51. The summed E-state index contributed by atoms with van der Waals surface area (Å²) in [7, 11) is 0. The Morgan fingerprint density at radius 3 is 2.38 bits per heavy atom. The summed E-state index contributed by atoms with van der Waals surface area (Å²) in [5, 5.41) is 12.2. The number of Topliss-reactive ketones (excluding diaryl/α,β-unsaturated/α-hetero) is 1. The zero-order chi connectivity index (χ0) is 22.4. The van der Waals surface area contributed by atoms with Gasteiger partial charge < -0.3 is 10.1 Å². The van der Waals surface area contributed by atoms with E-state index in [1.165, 1.54) is 4.90 Å². The van der Waals surface area contributed by atoms with Crippen LogP contribution in [0.5, 0.6) is 0 Å². The molecule has 1 fully saturated rings. The SMILES string of the molecule is Cc1cccc(C2/C(=C(/O)c3c[nH]c4ccccc34)C(=O)C(=O)N2c2cccc(C)c2)c1. The number of fused-ring (bicyclic) bond motifs is 1. The quantitative estimate of drug-likeness (QED) is 0.263. The van der Waals surface area contributed by atoms with Crippen LogP contribution in [0.3, 0.4) is 0 Å². The number of rotatable bonds is 3. The number of benzene rings is 3. The number of aliphatic hydroxyl groups excluding tert-OH is 1. The van der Waals surface area contributed by atoms with Gasteiger partial charge in [0.15, 0.2) is 0 Å². The van der Waals surface area contributed by atoms with Crippen LogP contribution in [0.25, 0.3) is 16.7 Å². The van der Waals surface area contributed by atoms with Crippen molar-refractivity contribution in [3.05, 3.63) is 107 Å². The van der Waals surface area contributed by atoms with E-state index in [4.69, 9.17) is 0 Å². The van der Waals surface area contributed by atoms with E-state index in [1.54, 1.807) is 6.20 Å². The first kappa shape index (κ1) is 19.8. The average molecular weight is 422 g/mol. The fraction of sp³-hybridized carbons (Fsp3) is 0.111. The number of hydrogen-bond donors (Lipinski definition) is 2. The number of H-pyrrole nitrogens is 1. The minimum Gasteiger partial charge on any atom is -0.507 e. The van der Waals surface area contributed by atoms with Gasteiger partial charge in [0.25, 0.3) is 11.7 Å². The number of anilines is 1. The number of aromatic amines is 1. The highest BCUT2D eigenvalue weighted by Gasteiger charge is 2.47. The van der Waals surface area contributed by atoms with Crippen LogP contribution in [-0.2, 0) is 9.59 Å². The van der Waals surface area contributed by atoms with E-state index in [0.717, 1.165) is 27.6 Å². The minimum absolute atomic E-state index is 0.0897. The predicted octanol–water partition coefficient (Wildman–Crippen LogP) is 5.41. The Kier molecular flexibility index (Phi) is 4.67. The molecule has 3 aromatic carbocycles. The first-order valence-corrected chi connectivity index (χ1v) is 10.5. The Morgan fingerprint density at radius 1 is 0.906 bits per heavy atom. The summed E-state index contributed by atoms with van der Waals surface area (Å²) in [6.07, 6.45) is 1.67. The molecule has 0 spiro atoms. The van der Waals surface area contributed by atoms with E-state index in [1.807, 2.05) is 86.6 Å². The van der Waals surface area contributed by atoms with Gasteiger partial charge in [-0.2, -0.15) is 0 Å². The van der Waals surface area contributed by atoms with Crippen LogP contribution in [0.1, 0.15) is 28.3 Å². The van der Waals surface area contributed by atoms with Crippen LogP contribution in [0.15, 0.2) is 84.6 Å². The van der Waals surface area contributed by atoms with Crippen LogP contribution in [0.4, 0.5) is 5.69 Å². The molecule has 1 atom stereocenters. The van der Waals surface area contributed by atoms with E-state index >= 15 is 0 Å². The number of carbonyl (C=O) groups is 2. The van der Waals surface area contributed by atoms with E-state index < -0.39 is 17.7 Å². The Balaban J connectivity index is 1.77. The van der Waals surface area contributed by atoms with E-state index in [2.05, 4.69) is 4.98 Å². The highest BCUT2D eigenvalue weighted by Crippen LogP contribution is 2.43. The zero-order valence-corrected chi connectivity index (χ0v) is 17.8. The van der Waals surface area contributed by atoms with Crippen molar-refractivity contribution in [2.75, 3.05) is 4.90 Å². The topological polar surface area (TPSA) is 73.4 Å². The Bertz CT molecular complexity index is 1410. The normalized spacial score (nSPS) is 17.9. The number of nitrogens with one attached hydrogen (secondary N) is 1. The van der Waals surface area contributed by atoms with Crippen molar-refractivity contribution < 1.29 is 14.7 Å². The van der Waals surface area contributed by atoms with Crippen molar-refractivity contribution in [2.45, 2.75) is 19.9 Å². The van der Waals surface area contributed by atoms with Crippen LogP contribution in [0, 0.1) is 13.8 Å². The van der Waals surface area contributed by atoms with Crippen molar-refractivity contribution in [3.63, 3.8) is 0 Å². The number of aryl methyl sites for hydroxylation is 2. The number of amides is 1. The van der Waals surface area contributed by atoms with Gasteiger partial charge in [-0.3, -0.25) is 14.5 Å². The molecule has 5 rings (SSSR count). The zero-order valence-electron chi connectivity index (χ0n) is 17.8. The molecule has 2 heterocycles. The van der Waals surface area contributed by atoms with Gasteiger partial charge in [0.05, 0.1) is 11.6 Å². The number of ketones is 1. The summed E-state index contributed by atoms with van der Waals surface area (Å²) in [6, 6.07) is 22.0. The number of aromatic nitrogens is 1. The molecular formula is C27H22N2O3. The summed E-state index contributed by atoms with van der Waals surface area (Å²) in [6.45, 7) is 3.90. The Labute approximate surface area is 185 Å². The molecule has 0 aliphatic carbocycles. The standard InChI is InChI=1S/C27H22N2O3/c1-16-7-5-9-18(13-16)24-23(25(30)21-15-28-22-12-4-3-11-20(21)22)26(31)27(32)29(24)19-10-6-8-17(2)14-19/h3-15,24,28,30H,1-2H3/b25-23-. The molecule has 1 aliphatic heterocycles. The van der Waals surface area contributed by atoms with Crippen molar-refractivity contribution in [3.8, 4) is 0 Å². The number of aliphatic hydroxyl groups is 1. The maximum Gasteiger partial charge on any atom is 0.300 e. The van der Waals surface area contributed by atoms with Gasteiger partial charge in [-0.05, 0) is 43.2 Å². The van der Waals surface area contributed by atoms with Gasteiger partial charge >= 0.3 is 0 Å². The molecule has 32 heavy (non-hydrogen) atoms. The van der Waals surface area contributed by atoms with E-state index in [0.29, 0.717) is 11.3 Å². The molecule has 1 aliphatic rings. The number of carbonyl (C=O) groups excluding carboxylic acids is 2. The lowest BCUT2D eigenvalue weighted by Crippen LogP contribution is -2.29. The van der Waals surface area contributed by atoms with Gasteiger partial charge in [0.2, 0.25) is 0 Å². The Morgan fingerprint density at radius 2 is 1.62 bits per heavy atom. The molecule has 0 radical (unpaired) electrons. The van der Waals surface area contributed by atoms with Gasteiger partial charge in [0, 0.05) is 28.4 Å². The molecule has 1 amide bonds. The molecule has 5 nitrogen and oxygen atoms in total. The molecule has 2 N–H and O–H groups in total. The third-order valence-corrected chi connectivity index (χ3v) is 5.93. The average Bonchev–Trinajstić information content (AvgIpc) is 3.33. The molecule has 0 saturated carbocycles. The van der Waals surface area contributed by atoms with Crippen molar-refractivity contribution in [1.82, 2.24) is 4.98 Å². The number of hydrogen-bond acceptors (Lipinski definition) is 3. The lowest BCUT2D eigenvalue weighted by Gasteiger charge is -2.26. The van der Waals surface area contributed by atoms with E-state index in [9.17, 15) is 14.7 Å². The summed E-state index contributed by atoms with van der Waals surface area (Å²) in [5.74, 6) is -1.52. The summed E-state index contributed by atoms with van der Waals surface area (Å²) < 4.78 is 0. The highest BCUT2D eigenvalue weighted by atomic mass is 16.3. The monoisotopic (exact) mass is 422 g/mol. The van der Waals surface area contributed by atoms with Crippen molar-refractivity contribution >= 4 is 34.0 Å². The molecule has 1 saturated heterocycles. The van der Waals surface area contributed by atoms with E-state index in [-0.39, 0.29) is 11.3 Å². The lowest BCUT2D eigenvalue weighted by molar-refractivity contribution is -0.132. The fourth-order valence-electron chi connectivity index (χ4n) is 4.44. The van der Waals surface area contributed by atoms with Crippen molar-refractivity contribution in [2.24, 2.45) is 0 Å². The third-order valence-electron chi connectivity index (χ3n) is 5.93. The second kappa shape index (κ2) is 7.54. The Hall–Kier alpha value is -4.12. The summed E-state index contributed by atoms with van der Waals surface area (Å²) in [4.78, 5) is 31.2. The molecule has 1 unspecified atom stereocenters. The molecule has 5 heteroatoms. The number of nitrogens with zero attached hydrogens (tertiary/aromatic N) is 1. The van der Waals surface area contributed by atoms with Gasteiger partial charge in [-0.15, -0.1) is 0 Å². The van der Waals surface area contributed by atoms with Crippen molar-refractivity contribution in [1.29, 1.82) is 0 Å². The second-order valence-corrected chi connectivity index (χ2v) is 8.17. The van der Waals surface area contributed by atoms with Gasteiger partial charge in [-0.1, -0.05) is 60.2 Å². The second-order valence-electron chi connectivity index (χ2n) is 8.17. The molecule has 1 aromatic heterocycles. The summed E-state index contributed by atoms with van der Waals surface area (Å²) >= 11 is 0. The molecular weight excluding hydrogens is 400 g/mol. The largest absolute Gasteiger partial charge is 0.507 e.